The third-order valence-electron chi connectivity index (χ3n) is 4.40. The van der Waals surface area contributed by atoms with Gasteiger partial charge in [0.2, 0.25) is 0 Å². The number of nitrogens with zero attached hydrogens (tertiary/aromatic N) is 2. The van der Waals surface area contributed by atoms with Crippen molar-refractivity contribution in [3.05, 3.63) is 69.3 Å². The minimum atomic E-state index is -0.784. The average Bonchev–Trinajstić information content (AvgIpc) is 3.00. The van der Waals surface area contributed by atoms with Crippen LogP contribution in [0.15, 0.2) is 42.5 Å². The molecule has 0 spiro atoms. The first-order chi connectivity index (χ1) is 12.0. The van der Waals surface area contributed by atoms with Crippen LogP contribution in [0.3, 0.4) is 0 Å². The first-order valence-corrected chi connectivity index (χ1v) is 7.69. The Kier molecular flexibility index (Phi) is 4.22. The molecule has 1 aliphatic heterocycles. The maximum Gasteiger partial charge on any atom is 0.329 e. The smallest absolute Gasteiger partial charge is 0.329 e. The number of benzene rings is 2. The number of methoxy groups -OCH3 is 1. The van der Waals surface area contributed by atoms with Crippen molar-refractivity contribution in [2.45, 2.75) is 19.4 Å². The molecule has 0 unspecified atom stereocenters. The van der Waals surface area contributed by atoms with Crippen molar-refractivity contribution >= 4 is 23.3 Å². The van der Waals surface area contributed by atoms with Crippen molar-refractivity contribution in [3.63, 3.8) is 0 Å². The molecule has 0 radical (unpaired) electrons. The first-order valence-electron chi connectivity index (χ1n) is 7.69. The lowest BCUT2D eigenvalue weighted by Crippen LogP contribution is -2.43. The summed E-state index contributed by atoms with van der Waals surface area (Å²) in [5.74, 6) is -0.978. The highest BCUT2D eigenvalue weighted by atomic mass is 16.6. The van der Waals surface area contributed by atoms with Crippen LogP contribution in [0, 0.1) is 17.0 Å². The van der Waals surface area contributed by atoms with E-state index in [-0.39, 0.29) is 16.8 Å². The van der Waals surface area contributed by atoms with E-state index in [9.17, 15) is 19.7 Å². The van der Waals surface area contributed by atoms with Gasteiger partial charge in [0.15, 0.2) is 0 Å². The number of hydrogen-bond acceptors (Lipinski definition) is 5. The van der Waals surface area contributed by atoms with Crippen LogP contribution < -0.4 is 4.90 Å². The number of amides is 1. The van der Waals surface area contributed by atoms with E-state index in [1.165, 1.54) is 37.1 Å². The molecule has 128 valence electrons. The fraction of sp³-hybridized carbons (Fsp3) is 0.222. The number of ether oxygens (including phenoxy) is 1. The Morgan fingerprint density at radius 2 is 1.92 bits per heavy atom. The third-order valence-corrected chi connectivity index (χ3v) is 4.40. The van der Waals surface area contributed by atoms with Gasteiger partial charge in [0, 0.05) is 29.3 Å². The molecule has 1 heterocycles. The molecular weight excluding hydrogens is 324 g/mol. The lowest BCUT2D eigenvalue weighted by Gasteiger charge is -2.24. The minimum absolute atomic E-state index is 0.132. The fourth-order valence-corrected chi connectivity index (χ4v) is 3.14. The molecule has 0 bridgehead atoms. The molecule has 0 saturated carbocycles. The quantitative estimate of drug-likeness (QED) is 0.487. The van der Waals surface area contributed by atoms with Gasteiger partial charge in [-0.25, -0.2) is 4.79 Å². The number of nitro groups is 1. The van der Waals surface area contributed by atoms with Crippen molar-refractivity contribution in [3.8, 4) is 0 Å². The number of para-hydroxylation sites is 1. The van der Waals surface area contributed by atoms with Crippen molar-refractivity contribution in [2.75, 3.05) is 12.0 Å². The number of fused-ring (bicyclic) bond motifs is 1. The van der Waals surface area contributed by atoms with E-state index < -0.39 is 22.8 Å². The number of esters is 1. The summed E-state index contributed by atoms with van der Waals surface area (Å²) >= 11 is 0. The molecule has 0 aromatic heterocycles. The maximum atomic E-state index is 13.1. The Morgan fingerprint density at radius 1 is 1.20 bits per heavy atom. The lowest BCUT2D eigenvalue weighted by atomic mass is 10.0. The van der Waals surface area contributed by atoms with Gasteiger partial charge < -0.3 is 4.74 Å². The molecule has 0 saturated heterocycles. The second-order valence-electron chi connectivity index (χ2n) is 5.75. The number of carbonyl (C=O) groups excluding carboxylic acids is 2. The number of carbonyl (C=O) groups is 2. The standard InChI is InChI=1S/C18H16N2O5/c1-11-13(7-5-9-14(11)20(23)24)17(21)19-15-8-4-3-6-12(15)10-16(19)18(22)25-2/h3-9,16H,10H2,1-2H3/t16-/m1/s1. The third kappa shape index (κ3) is 2.73. The predicted octanol–water partition coefficient (Wildman–Crippen LogP) is 2.65. The largest absolute Gasteiger partial charge is 0.467 e. The first kappa shape index (κ1) is 16.6. The van der Waals surface area contributed by atoms with Crippen LogP contribution in [0.25, 0.3) is 0 Å². The van der Waals surface area contributed by atoms with E-state index in [4.69, 9.17) is 4.74 Å². The molecular formula is C18H16N2O5. The average molecular weight is 340 g/mol. The fourth-order valence-electron chi connectivity index (χ4n) is 3.14. The number of hydrogen-bond donors (Lipinski definition) is 0. The minimum Gasteiger partial charge on any atom is -0.467 e. The van der Waals surface area contributed by atoms with Gasteiger partial charge in [-0.3, -0.25) is 19.8 Å². The van der Waals surface area contributed by atoms with Crippen LogP contribution in [-0.4, -0.2) is 30.0 Å². The maximum absolute atomic E-state index is 13.1. The van der Waals surface area contributed by atoms with E-state index in [0.29, 0.717) is 12.1 Å². The van der Waals surface area contributed by atoms with Crippen molar-refractivity contribution in [2.24, 2.45) is 0 Å². The normalized spacial score (nSPS) is 15.6. The zero-order valence-electron chi connectivity index (χ0n) is 13.8. The van der Waals surface area contributed by atoms with E-state index >= 15 is 0 Å². The van der Waals surface area contributed by atoms with E-state index in [2.05, 4.69) is 0 Å². The summed E-state index contributed by atoms with van der Waals surface area (Å²) in [6.07, 6.45) is 0.350. The van der Waals surface area contributed by atoms with Gasteiger partial charge in [-0.05, 0) is 24.6 Å². The van der Waals surface area contributed by atoms with Crippen LogP contribution in [-0.2, 0) is 16.0 Å². The highest BCUT2D eigenvalue weighted by molar-refractivity contribution is 6.12. The Balaban J connectivity index is 2.09. The topological polar surface area (TPSA) is 89.8 Å². The van der Waals surface area contributed by atoms with E-state index in [0.717, 1.165) is 5.56 Å². The van der Waals surface area contributed by atoms with Gasteiger partial charge in [-0.15, -0.1) is 0 Å². The zero-order chi connectivity index (χ0) is 18.1. The predicted molar refractivity (Wildman–Crippen MR) is 90.6 cm³/mol. The van der Waals surface area contributed by atoms with Gasteiger partial charge in [-0.1, -0.05) is 24.3 Å². The molecule has 0 N–H and O–H groups in total. The van der Waals surface area contributed by atoms with Crippen molar-refractivity contribution in [1.29, 1.82) is 0 Å². The van der Waals surface area contributed by atoms with Crippen LogP contribution in [0.4, 0.5) is 11.4 Å². The summed E-state index contributed by atoms with van der Waals surface area (Å²) in [6.45, 7) is 1.53. The van der Waals surface area contributed by atoms with E-state index in [1.54, 1.807) is 12.1 Å². The summed E-state index contributed by atoms with van der Waals surface area (Å²) in [4.78, 5) is 37.3. The van der Waals surface area contributed by atoms with Crippen molar-refractivity contribution < 1.29 is 19.2 Å². The van der Waals surface area contributed by atoms with Crippen LogP contribution in [0.1, 0.15) is 21.5 Å². The molecule has 1 aliphatic rings. The van der Waals surface area contributed by atoms with Crippen LogP contribution in [0.2, 0.25) is 0 Å². The Hall–Kier alpha value is -3.22. The second kappa shape index (κ2) is 6.35. The molecule has 0 fully saturated rings. The molecule has 25 heavy (non-hydrogen) atoms. The number of anilines is 1. The molecule has 3 rings (SSSR count). The highest BCUT2D eigenvalue weighted by Crippen LogP contribution is 2.35. The SMILES string of the molecule is COC(=O)[C@H]1Cc2ccccc2N1C(=O)c1cccc([N+](=O)[O-])c1C. The second-order valence-corrected chi connectivity index (χ2v) is 5.75. The van der Waals surface area contributed by atoms with Gasteiger partial charge in [0.1, 0.15) is 6.04 Å². The van der Waals surface area contributed by atoms with Gasteiger partial charge in [-0.2, -0.15) is 0 Å². The van der Waals surface area contributed by atoms with Crippen LogP contribution >= 0.6 is 0 Å². The Morgan fingerprint density at radius 3 is 2.60 bits per heavy atom. The van der Waals surface area contributed by atoms with E-state index in [1.807, 2.05) is 12.1 Å². The zero-order valence-corrected chi connectivity index (χ0v) is 13.8. The Bertz CT molecular complexity index is 878. The van der Waals surface area contributed by atoms with Gasteiger partial charge in [0.25, 0.3) is 11.6 Å². The van der Waals surface area contributed by atoms with Crippen LogP contribution in [0.5, 0.6) is 0 Å². The summed E-state index contributed by atoms with van der Waals surface area (Å²) < 4.78 is 4.83. The molecule has 0 aliphatic carbocycles. The lowest BCUT2D eigenvalue weighted by molar-refractivity contribution is -0.385. The molecule has 2 aromatic rings. The summed E-state index contributed by atoms with van der Waals surface area (Å²) in [5.41, 5.74) is 1.81. The summed E-state index contributed by atoms with van der Waals surface area (Å²) in [7, 11) is 1.27. The molecule has 1 atom stereocenters. The molecule has 1 amide bonds. The number of nitro benzene ring substituents is 1. The molecule has 2 aromatic carbocycles. The van der Waals surface area contributed by atoms with Gasteiger partial charge >= 0.3 is 5.97 Å². The highest BCUT2D eigenvalue weighted by Gasteiger charge is 2.40. The van der Waals surface area contributed by atoms with Crippen molar-refractivity contribution in [1.82, 2.24) is 0 Å². The monoisotopic (exact) mass is 340 g/mol. The van der Waals surface area contributed by atoms with Gasteiger partial charge in [0.05, 0.1) is 12.0 Å². The molecule has 7 nitrogen and oxygen atoms in total. The summed E-state index contributed by atoms with van der Waals surface area (Å²) in [6, 6.07) is 10.8. The number of rotatable bonds is 3. The molecule has 7 heteroatoms. The Labute approximate surface area is 144 Å². The summed E-state index contributed by atoms with van der Waals surface area (Å²) in [5, 5.41) is 11.1.